The second kappa shape index (κ2) is 7.24. The van der Waals surface area contributed by atoms with Gasteiger partial charge in [0.05, 0.1) is 5.02 Å². The van der Waals surface area contributed by atoms with Crippen molar-refractivity contribution >= 4 is 11.6 Å². The average molecular weight is 428 g/mol. The van der Waals surface area contributed by atoms with Crippen molar-refractivity contribution in [2.45, 2.75) is 71.1 Å². The zero-order valence-corrected chi connectivity index (χ0v) is 18.7. The summed E-state index contributed by atoms with van der Waals surface area (Å²) < 4.78 is 19.9. The van der Waals surface area contributed by atoms with Crippen LogP contribution < -0.4 is 10.1 Å². The van der Waals surface area contributed by atoms with Gasteiger partial charge in [-0.05, 0) is 85.1 Å². The molecule has 0 spiro atoms. The molecule has 4 bridgehead atoms. The first kappa shape index (κ1) is 20.3. The molecular formula is C26H31ClFNO. The van der Waals surface area contributed by atoms with Gasteiger partial charge in [-0.1, -0.05) is 43.6 Å². The van der Waals surface area contributed by atoms with Gasteiger partial charge in [0.1, 0.15) is 18.2 Å². The van der Waals surface area contributed by atoms with Gasteiger partial charge in [0.15, 0.2) is 0 Å². The molecule has 0 amide bonds. The molecule has 0 aromatic heterocycles. The summed E-state index contributed by atoms with van der Waals surface area (Å²) in [5.74, 6) is 1.30. The summed E-state index contributed by atoms with van der Waals surface area (Å²) >= 11 is 6.12. The second-order valence-corrected chi connectivity index (χ2v) is 11.3. The Labute approximate surface area is 184 Å². The lowest BCUT2D eigenvalue weighted by Crippen LogP contribution is -2.63. The van der Waals surface area contributed by atoms with Gasteiger partial charge >= 0.3 is 0 Å². The molecule has 30 heavy (non-hydrogen) atoms. The van der Waals surface area contributed by atoms with Crippen LogP contribution in [0.25, 0.3) is 0 Å². The predicted molar refractivity (Wildman–Crippen MR) is 119 cm³/mol. The Morgan fingerprint density at radius 2 is 1.77 bits per heavy atom. The molecule has 4 atom stereocenters. The summed E-state index contributed by atoms with van der Waals surface area (Å²) in [7, 11) is 0. The number of halogens is 2. The zero-order chi connectivity index (χ0) is 21.0. The third kappa shape index (κ3) is 3.87. The topological polar surface area (TPSA) is 21.3 Å². The number of benzene rings is 2. The van der Waals surface area contributed by atoms with Crippen molar-refractivity contribution in [2.24, 2.45) is 16.7 Å². The fraction of sp³-hybridized carbons (Fsp3) is 0.538. The number of hydrogen-bond donors (Lipinski definition) is 1. The van der Waals surface area contributed by atoms with Crippen molar-refractivity contribution in [1.29, 1.82) is 0 Å². The molecule has 2 aromatic carbocycles. The molecule has 0 radical (unpaired) electrons. The van der Waals surface area contributed by atoms with Crippen molar-refractivity contribution in [2.75, 3.05) is 0 Å². The van der Waals surface area contributed by atoms with E-state index in [1.54, 1.807) is 12.1 Å². The Morgan fingerprint density at radius 3 is 2.47 bits per heavy atom. The smallest absolute Gasteiger partial charge is 0.131 e. The summed E-state index contributed by atoms with van der Waals surface area (Å²) in [6, 6.07) is 12.8. The van der Waals surface area contributed by atoms with Gasteiger partial charge in [0, 0.05) is 17.6 Å². The van der Waals surface area contributed by atoms with Crippen LogP contribution in [0.1, 0.15) is 63.5 Å². The van der Waals surface area contributed by atoms with Gasteiger partial charge < -0.3 is 10.1 Å². The summed E-state index contributed by atoms with van der Waals surface area (Å²) in [5, 5.41) is 4.38. The highest BCUT2D eigenvalue weighted by molar-refractivity contribution is 6.31. The molecule has 4 aliphatic rings. The van der Waals surface area contributed by atoms with E-state index in [-0.39, 0.29) is 18.0 Å². The SMILES string of the molecule is C[C@]12CC3CC(NCc4cccc(OCc5c(F)cccc5Cl)c4)(C1)C[C@@](C)(C3)C2. The Morgan fingerprint density at radius 1 is 1.03 bits per heavy atom. The molecule has 2 unspecified atom stereocenters. The van der Waals surface area contributed by atoms with E-state index in [2.05, 4.69) is 31.3 Å². The van der Waals surface area contributed by atoms with Crippen LogP contribution in [-0.2, 0) is 13.2 Å². The van der Waals surface area contributed by atoms with Crippen molar-refractivity contribution in [3.05, 3.63) is 64.4 Å². The molecular weight excluding hydrogens is 397 g/mol. The minimum Gasteiger partial charge on any atom is -0.489 e. The maximum absolute atomic E-state index is 14.0. The van der Waals surface area contributed by atoms with E-state index in [4.69, 9.17) is 16.3 Å². The first-order valence-corrected chi connectivity index (χ1v) is 11.5. The molecule has 6 rings (SSSR count). The van der Waals surface area contributed by atoms with Crippen LogP contribution in [0.15, 0.2) is 42.5 Å². The lowest BCUT2D eigenvalue weighted by atomic mass is 9.43. The fourth-order valence-corrected chi connectivity index (χ4v) is 7.72. The van der Waals surface area contributed by atoms with Crippen LogP contribution in [0.4, 0.5) is 4.39 Å². The molecule has 0 aliphatic heterocycles. The molecule has 1 N–H and O–H groups in total. The lowest BCUT2D eigenvalue weighted by Gasteiger charge is -2.65. The van der Waals surface area contributed by atoms with Gasteiger partial charge in [-0.15, -0.1) is 0 Å². The molecule has 2 aromatic rings. The highest BCUT2D eigenvalue weighted by Crippen LogP contribution is 2.66. The van der Waals surface area contributed by atoms with E-state index in [0.29, 0.717) is 21.4 Å². The molecule has 2 nitrogen and oxygen atoms in total. The lowest BCUT2D eigenvalue weighted by molar-refractivity contribution is -0.118. The number of rotatable bonds is 6. The van der Waals surface area contributed by atoms with Gasteiger partial charge in [-0.25, -0.2) is 4.39 Å². The second-order valence-electron chi connectivity index (χ2n) is 10.9. The van der Waals surface area contributed by atoms with E-state index < -0.39 is 0 Å². The normalized spacial score (nSPS) is 34.3. The van der Waals surface area contributed by atoms with Gasteiger partial charge in [0.2, 0.25) is 0 Å². The number of ether oxygens (including phenoxy) is 1. The van der Waals surface area contributed by atoms with E-state index in [0.717, 1.165) is 18.2 Å². The van der Waals surface area contributed by atoms with Gasteiger partial charge in [0.25, 0.3) is 0 Å². The fourth-order valence-electron chi connectivity index (χ4n) is 7.51. The summed E-state index contributed by atoms with van der Waals surface area (Å²) in [4.78, 5) is 0. The average Bonchev–Trinajstić information content (AvgIpc) is 2.64. The third-order valence-corrected chi connectivity index (χ3v) is 7.99. The third-order valence-electron chi connectivity index (χ3n) is 7.64. The molecule has 4 fully saturated rings. The highest BCUT2D eigenvalue weighted by Gasteiger charge is 2.59. The monoisotopic (exact) mass is 427 g/mol. The standard InChI is InChI=1S/C26H31ClFNO/c1-24-10-19-11-25(2,15-24)17-26(12-19,16-24)29-13-18-5-3-6-20(9-18)30-14-21-22(27)7-4-8-23(21)28/h3-9,19,29H,10-17H2,1-2H3/t19?,24-,25+,26?. The van der Waals surface area contributed by atoms with Crippen molar-refractivity contribution in [1.82, 2.24) is 5.32 Å². The summed E-state index contributed by atoms with van der Waals surface area (Å²) in [6.07, 6.45) is 8.13. The summed E-state index contributed by atoms with van der Waals surface area (Å²) in [6.45, 7) is 5.99. The summed E-state index contributed by atoms with van der Waals surface area (Å²) in [5.41, 5.74) is 2.90. The van der Waals surface area contributed by atoms with Crippen molar-refractivity contribution in [3.63, 3.8) is 0 Å². The van der Waals surface area contributed by atoms with E-state index in [1.807, 2.05) is 12.1 Å². The molecule has 0 saturated heterocycles. The Bertz CT molecular complexity index is 922. The minimum absolute atomic E-state index is 0.130. The maximum Gasteiger partial charge on any atom is 0.131 e. The van der Waals surface area contributed by atoms with Crippen LogP contribution in [0.2, 0.25) is 5.02 Å². The zero-order valence-electron chi connectivity index (χ0n) is 17.9. The number of nitrogens with one attached hydrogen (secondary N) is 1. The minimum atomic E-state index is -0.330. The molecule has 0 heterocycles. The van der Waals surface area contributed by atoms with Crippen LogP contribution in [0.5, 0.6) is 5.75 Å². The Hall–Kier alpha value is -1.58. The van der Waals surface area contributed by atoms with Gasteiger partial charge in [-0.2, -0.15) is 0 Å². The molecule has 4 saturated carbocycles. The van der Waals surface area contributed by atoms with Crippen LogP contribution in [-0.4, -0.2) is 5.54 Å². The molecule has 4 heteroatoms. The van der Waals surface area contributed by atoms with Gasteiger partial charge in [-0.3, -0.25) is 0 Å². The first-order valence-electron chi connectivity index (χ1n) is 11.2. The molecule has 4 aliphatic carbocycles. The van der Waals surface area contributed by atoms with Crippen LogP contribution in [0, 0.1) is 22.6 Å². The number of hydrogen-bond acceptors (Lipinski definition) is 2. The first-order chi connectivity index (χ1) is 14.3. The largest absolute Gasteiger partial charge is 0.489 e. The predicted octanol–water partition coefficient (Wildman–Crippen LogP) is 6.90. The van der Waals surface area contributed by atoms with Crippen molar-refractivity contribution in [3.8, 4) is 5.75 Å². The maximum atomic E-state index is 14.0. The Kier molecular flexibility index (Phi) is 4.91. The van der Waals surface area contributed by atoms with Crippen molar-refractivity contribution < 1.29 is 9.13 Å². The van der Waals surface area contributed by atoms with Crippen LogP contribution >= 0.6 is 11.6 Å². The van der Waals surface area contributed by atoms with E-state index in [9.17, 15) is 4.39 Å². The van der Waals surface area contributed by atoms with E-state index >= 15 is 0 Å². The highest BCUT2D eigenvalue weighted by atomic mass is 35.5. The van der Waals surface area contributed by atoms with E-state index in [1.165, 1.54) is 50.2 Å². The Balaban J connectivity index is 1.26. The quantitative estimate of drug-likeness (QED) is 0.541. The van der Waals surface area contributed by atoms with Crippen LogP contribution in [0.3, 0.4) is 0 Å². The molecule has 160 valence electrons.